The lowest BCUT2D eigenvalue weighted by atomic mass is 9.58. The number of aromatic nitrogens is 4. The van der Waals surface area contributed by atoms with Gasteiger partial charge in [-0.05, 0) is 23.6 Å². The molecule has 2 aliphatic rings. The first-order valence-electron chi connectivity index (χ1n) is 8.79. The minimum Gasteiger partial charge on any atom is -0.392 e. The summed E-state index contributed by atoms with van der Waals surface area (Å²) in [5.74, 6) is 1.01. The van der Waals surface area contributed by atoms with Crippen LogP contribution in [0, 0.1) is 11.3 Å². The van der Waals surface area contributed by atoms with E-state index in [0.29, 0.717) is 18.7 Å². The highest BCUT2D eigenvalue weighted by atomic mass is 16.3. The smallest absolute Gasteiger partial charge is 0.223 e. The van der Waals surface area contributed by atoms with Gasteiger partial charge in [0.25, 0.3) is 0 Å². The molecule has 1 aliphatic carbocycles. The summed E-state index contributed by atoms with van der Waals surface area (Å²) in [4.78, 5) is 14.7. The fourth-order valence-corrected chi connectivity index (χ4v) is 4.49. The first-order valence-corrected chi connectivity index (χ1v) is 8.79. The van der Waals surface area contributed by atoms with E-state index in [1.54, 1.807) is 0 Å². The average Bonchev–Trinajstić information content (AvgIpc) is 3.28. The lowest BCUT2D eigenvalue weighted by Crippen LogP contribution is -2.64. The van der Waals surface area contributed by atoms with E-state index < -0.39 is 0 Å². The van der Waals surface area contributed by atoms with E-state index in [-0.39, 0.29) is 29.4 Å². The molecule has 7 heteroatoms. The Morgan fingerprint density at radius 1 is 1.36 bits per heavy atom. The molecular weight excluding hydrogens is 318 g/mol. The van der Waals surface area contributed by atoms with Crippen LogP contribution in [-0.4, -0.2) is 55.2 Å². The lowest BCUT2D eigenvalue weighted by molar-refractivity contribution is -0.162. The standard InChI is InChI=1S/C18H23N5O2/c1-18(2)15-13(16(18)25)9-10-23(15)14(24)8-5-11-3-6-12(7-4-11)17-19-21-22-20-17/h3-4,6-7,13,15-16,25H,5,8-10H2,1-2H3,(H,19,20,21,22)/t13-,15+,16?/m1/s1. The maximum Gasteiger partial charge on any atom is 0.223 e. The van der Waals surface area contributed by atoms with Crippen molar-refractivity contribution >= 4 is 5.91 Å². The molecule has 132 valence electrons. The summed E-state index contributed by atoms with van der Waals surface area (Å²) in [5, 5.41) is 24.1. The molecule has 1 amide bonds. The number of hydrogen-bond acceptors (Lipinski definition) is 5. The number of aliphatic hydroxyl groups excluding tert-OH is 1. The van der Waals surface area contributed by atoms with Crippen molar-refractivity contribution in [1.29, 1.82) is 0 Å². The summed E-state index contributed by atoms with van der Waals surface area (Å²) < 4.78 is 0. The molecule has 3 atom stereocenters. The fourth-order valence-electron chi connectivity index (χ4n) is 4.49. The van der Waals surface area contributed by atoms with Gasteiger partial charge in [0.15, 0.2) is 0 Å². The van der Waals surface area contributed by atoms with Crippen molar-refractivity contribution in [3.05, 3.63) is 29.8 Å². The minimum atomic E-state index is -0.284. The van der Waals surface area contributed by atoms with E-state index in [2.05, 4.69) is 34.5 Å². The van der Waals surface area contributed by atoms with Crippen LogP contribution in [0.4, 0.5) is 0 Å². The number of hydrogen-bond donors (Lipinski definition) is 2. The number of nitrogens with one attached hydrogen (secondary N) is 1. The van der Waals surface area contributed by atoms with Gasteiger partial charge >= 0.3 is 0 Å². The van der Waals surface area contributed by atoms with E-state index in [1.165, 1.54) is 0 Å². The molecule has 1 saturated carbocycles. The van der Waals surface area contributed by atoms with Crippen molar-refractivity contribution in [1.82, 2.24) is 25.5 Å². The van der Waals surface area contributed by atoms with Crippen molar-refractivity contribution in [2.75, 3.05) is 6.54 Å². The molecule has 1 aliphatic heterocycles. The summed E-state index contributed by atoms with van der Waals surface area (Å²) >= 11 is 0. The maximum atomic E-state index is 12.7. The van der Waals surface area contributed by atoms with Gasteiger partial charge in [-0.3, -0.25) is 4.79 Å². The predicted molar refractivity (Wildman–Crippen MR) is 91.3 cm³/mol. The van der Waals surface area contributed by atoms with E-state index in [1.807, 2.05) is 29.2 Å². The zero-order chi connectivity index (χ0) is 17.6. The van der Waals surface area contributed by atoms with E-state index >= 15 is 0 Å². The van der Waals surface area contributed by atoms with Crippen LogP contribution in [-0.2, 0) is 11.2 Å². The van der Waals surface area contributed by atoms with E-state index in [0.717, 1.165) is 24.1 Å². The Morgan fingerprint density at radius 3 is 2.80 bits per heavy atom. The molecule has 2 fully saturated rings. The Hall–Kier alpha value is -2.28. The molecule has 0 radical (unpaired) electrons. The number of rotatable bonds is 4. The van der Waals surface area contributed by atoms with Crippen molar-refractivity contribution in [3.8, 4) is 11.4 Å². The second kappa shape index (κ2) is 5.91. The number of H-pyrrole nitrogens is 1. The highest BCUT2D eigenvalue weighted by Gasteiger charge is 2.61. The third kappa shape index (κ3) is 2.63. The number of aryl methyl sites for hydroxylation is 1. The summed E-state index contributed by atoms with van der Waals surface area (Å²) in [5.41, 5.74) is 1.82. The second-order valence-corrected chi connectivity index (χ2v) is 7.68. The summed E-state index contributed by atoms with van der Waals surface area (Å²) in [7, 11) is 0. The van der Waals surface area contributed by atoms with Crippen molar-refractivity contribution in [2.45, 2.75) is 45.3 Å². The van der Waals surface area contributed by atoms with Crippen LogP contribution in [0.15, 0.2) is 24.3 Å². The zero-order valence-corrected chi connectivity index (χ0v) is 14.5. The van der Waals surface area contributed by atoms with Crippen LogP contribution < -0.4 is 0 Å². The van der Waals surface area contributed by atoms with Crippen molar-refractivity contribution in [2.24, 2.45) is 11.3 Å². The monoisotopic (exact) mass is 341 g/mol. The molecule has 7 nitrogen and oxygen atoms in total. The van der Waals surface area contributed by atoms with E-state index in [9.17, 15) is 9.90 Å². The van der Waals surface area contributed by atoms with Crippen molar-refractivity contribution in [3.63, 3.8) is 0 Å². The molecule has 0 spiro atoms. The van der Waals surface area contributed by atoms with Gasteiger partial charge in [-0.1, -0.05) is 38.1 Å². The lowest BCUT2D eigenvalue weighted by Gasteiger charge is -2.55. The Labute approximate surface area is 146 Å². The second-order valence-electron chi connectivity index (χ2n) is 7.68. The molecule has 1 unspecified atom stereocenters. The van der Waals surface area contributed by atoms with Gasteiger partial charge in [-0.15, -0.1) is 10.2 Å². The number of amides is 1. The number of nitrogens with zero attached hydrogens (tertiary/aromatic N) is 4. The molecule has 1 saturated heterocycles. The summed E-state index contributed by atoms with van der Waals surface area (Å²) in [6.07, 6.45) is 1.84. The Bertz CT molecular complexity index is 756. The number of fused-ring (bicyclic) bond motifs is 1. The van der Waals surface area contributed by atoms with Crippen LogP contribution in [0.3, 0.4) is 0 Å². The third-order valence-corrected chi connectivity index (χ3v) is 5.88. The first kappa shape index (κ1) is 16.2. The van der Waals surface area contributed by atoms with Crippen molar-refractivity contribution < 1.29 is 9.90 Å². The SMILES string of the molecule is CC1(C)C(O)[C@@H]2CCN(C(=O)CCc3ccc(-c4nn[nH]n4)cc3)[C@@H]21. The molecule has 1 aromatic heterocycles. The van der Waals surface area contributed by atoms with Crippen LogP contribution >= 0.6 is 0 Å². The fraction of sp³-hybridized carbons (Fsp3) is 0.556. The molecular formula is C18H23N5O2. The number of likely N-dealkylation sites (tertiary alicyclic amines) is 1. The molecule has 1 aromatic carbocycles. The molecule has 2 heterocycles. The number of aliphatic hydroxyl groups is 1. The Balaban J connectivity index is 1.36. The quantitative estimate of drug-likeness (QED) is 0.877. The van der Waals surface area contributed by atoms with Gasteiger partial charge in [-0.2, -0.15) is 5.21 Å². The van der Waals surface area contributed by atoms with Gasteiger partial charge in [0.2, 0.25) is 11.7 Å². The highest BCUT2D eigenvalue weighted by Crippen LogP contribution is 2.53. The summed E-state index contributed by atoms with van der Waals surface area (Å²) in [6, 6.07) is 8.09. The first-order chi connectivity index (χ1) is 12.0. The molecule has 2 N–H and O–H groups in total. The highest BCUT2D eigenvalue weighted by molar-refractivity contribution is 5.77. The molecule has 25 heavy (non-hydrogen) atoms. The Morgan fingerprint density at radius 2 is 2.12 bits per heavy atom. The van der Waals surface area contributed by atoms with Crippen LogP contribution in [0.5, 0.6) is 0 Å². The number of benzene rings is 1. The normalized spacial score (nSPS) is 27.0. The van der Waals surface area contributed by atoms with Gasteiger partial charge in [-0.25, -0.2) is 0 Å². The predicted octanol–water partition coefficient (Wildman–Crippen LogP) is 1.42. The van der Waals surface area contributed by atoms with Crippen LogP contribution in [0.2, 0.25) is 0 Å². The molecule has 4 rings (SSSR count). The molecule has 2 aromatic rings. The number of carbonyl (C=O) groups excluding carboxylic acids is 1. The van der Waals surface area contributed by atoms with Gasteiger partial charge in [0.05, 0.1) is 6.10 Å². The molecule has 0 bridgehead atoms. The third-order valence-electron chi connectivity index (χ3n) is 5.88. The largest absolute Gasteiger partial charge is 0.392 e. The number of aromatic amines is 1. The Kier molecular flexibility index (Phi) is 3.83. The van der Waals surface area contributed by atoms with Gasteiger partial charge in [0.1, 0.15) is 0 Å². The van der Waals surface area contributed by atoms with Crippen LogP contribution in [0.1, 0.15) is 32.3 Å². The zero-order valence-electron chi connectivity index (χ0n) is 14.5. The minimum absolute atomic E-state index is 0.190. The topological polar surface area (TPSA) is 95.0 Å². The van der Waals surface area contributed by atoms with Crippen LogP contribution in [0.25, 0.3) is 11.4 Å². The van der Waals surface area contributed by atoms with Gasteiger partial charge in [0, 0.05) is 35.9 Å². The maximum absolute atomic E-state index is 12.7. The van der Waals surface area contributed by atoms with E-state index in [4.69, 9.17) is 0 Å². The number of carbonyl (C=O) groups is 1. The van der Waals surface area contributed by atoms with Gasteiger partial charge < -0.3 is 10.0 Å². The average molecular weight is 341 g/mol. The summed E-state index contributed by atoms with van der Waals surface area (Å²) in [6.45, 7) is 4.88. The number of tetrazole rings is 1.